The number of anilines is 1. The monoisotopic (exact) mass is 267 g/mol. The Hall–Kier alpha value is -2.09. The molecule has 2 aromatic heterocycles. The minimum Gasteiger partial charge on any atom is -0.383 e. The van der Waals surface area contributed by atoms with Crippen molar-refractivity contribution in [1.29, 1.82) is 0 Å². The minimum atomic E-state index is -0.475. The number of nitrogens with one attached hydrogen (secondary N) is 2. The number of imidazole rings is 1. The van der Waals surface area contributed by atoms with Gasteiger partial charge in [0.15, 0.2) is 11.2 Å². The molecule has 0 aromatic carbocycles. The molecule has 0 amide bonds. The van der Waals surface area contributed by atoms with E-state index in [0.717, 1.165) is 0 Å². The molecule has 0 radical (unpaired) electrons. The van der Waals surface area contributed by atoms with E-state index in [2.05, 4.69) is 15.3 Å². The van der Waals surface area contributed by atoms with Gasteiger partial charge in [0.25, 0.3) is 5.56 Å². The Morgan fingerprint density at radius 2 is 2.16 bits per heavy atom. The number of aromatic amines is 1. The molecule has 0 saturated carbocycles. The molecule has 0 atom stereocenters. The van der Waals surface area contributed by atoms with E-state index in [-0.39, 0.29) is 0 Å². The van der Waals surface area contributed by atoms with Crippen LogP contribution in [0.15, 0.2) is 9.59 Å². The van der Waals surface area contributed by atoms with Crippen molar-refractivity contribution in [2.45, 2.75) is 13.5 Å². The van der Waals surface area contributed by atoms with E-state index in [1.807, 2.05) is 6.92 Å². The van der Waals surface area contributed by atoms with Crippen molar-refractivity contribution in [2.24, 2.45) is 7.05 Å². The molecule has 2 rings (SSSR count). The van der Waals surface area contributed by atoms with Crippen molar-refractivity contribution in [1.82, 2.24) is 19.1 Å². The van der Waals surface area contributed by atoms with Gasteiger partial charge in [-0.15, -0.1) is 0 Å². The lowest BCUT2D eigenvalue weighted by molar-refractivity contribution is 0.188. The van der Waals surface area contributed by atoms with Gasteiger partial charge in [-0.1, -0.05) is 0 Å². The molecule has 0 aliphatic heterocycles. The van der Waals surface area contributed by atoms with Crippen molar-refractivity contribution >= 4 is 17.1 Å². The van der Waals surface area contributed by atoms with Crippen LogP contribution in [0, 0.1) is 0 Å². The number of nitrogens with zero attached hydrogens (tertiary/aromatic N) is 3. The second-order valence-electron chi connectivity index (χ2n) is 4.10. The van der Waals surface area contributed by atoms with Crippen LogP contribution < -0.4 is 16.6 Å². The first-order valence-electron chi connectivity index (χ1n) is 6.02. The molecular weight excluding hydrogens is 250 g/mol. The summed E-state index contributed by atoms with van der Waals surface area (Å²) in [6.07, 6.45) is 0. The number of ether oxygens (including phenoxy) is 1. The fourth-order valence-electron chi connectivity index (χ4n) is 1.93. The standard InChI is InChI=1S/C11H17N5O3/c1-4-12-10-13-8-7(16(10)5-6-19-3)9(17)14-11(18)15(8)2/h4-6H2,1-3H3,(H,12,13)(H,14,17,18). The second kappa shape index (κ2) is 5.27. The molecule has 8 heteroatoms. The average Bonchev–Trinajstić information content (AvgIpc) is 2.73. The van der Waals surface area contributed by atoms with E-state index in [1.165, 1.54) is 4.57 Å². The number of fused-ring (bicyclic) bond motifs is 1. The Kier molecular flexibility index (Phi) is 3.70. The zero-order valence-corrected chi connectivity index (χ0v) is 11.2. The third kappa shape index (κ3) is 2.26. The number of methoxy groups -OCH3 is 1. The summed E-state index contributed by atoms with van der Waals surface area (Å²) in [5.74, 6) is 0.557. The summed E-state index contributed by atoms with van der Waals surface area (Å²) in [4.78, 5) is 30.1. The molecule has 2 N–H and O–H groups in total. The van der Waals surface area contributed by atoms with E-state index in [9.17, 15) is 9.59 Å². The summed E-state index contributed by atoms with van der Waals surface area (Å²) in [5.41, 5.74) is -0.182. The van der Waals surface area contributed by atoms with Gasteiger partial charge < -0.3 is 14.6 Å². The average molecular weight is 267 g/mol. The number of H-pyrrole nitrogens is 1. The smallest absolute Gasteiger partial charge is 0.329 e. The number of aromatic nitrogens is 4. The summed E-state index contributed by atoms with van der Waals surface area (Å²) in [6, 6.07) is 0. The molecule has 0 aliphatic rings. The maximum atomic E-state index is 12.0. The highest BCUT2D eigenvalue weighted by atomic mass is 16.5. The Morgan fingerprint density at radius 3 is 2.79 bits per heavy atom. The lowest BCUT2D eigenvalue weighted by Gasteiger charge is -2.08. The number of hydrogen-bond donors (Lipinski definition) is 2. The number of hydrogen-bond acceptors (Lipinski definition) is 5. The Morgan fingerprint density at radius 1 is 1.42 bits per heavy atom. The molecular formula is C11H17N5O3. The summed E-state index contributed by atoms with van der Waals surface area (Å²) in [7, 11) is 3.16. The van der Waals surface area contributed by atoms with Crippen molar-refractivity contribution in [3.63, 3.8) is 0 Å². The first-order valence-corrected chi connectivity index (χ1v) is 6.02. The van der Waals surface area contributed by atoms with Gasteiger partial charge in [-0.3, -0.25) is 14.3 Å². The molecule has 0 saturated heterocycles. The lowest BCUT2D eigenvalue weighted by Crippen LogP contribution is -2.29. The van der Waals surface area contributed by atoms with E-state index in [1.54, 1.807) is 18.7 Å². The zero-order valence-electron chi connectivity index (χ0n) is 11.2. The summed E-state index contributed by atoms with van der Waals surface area (Å²) in [6.45, 7) is 3.54. The van der Waals surface area contributed by atoms with Crippen LogP contribution in [0.25, 0.3) is 11.2 Å². The van der Waals surface area contributed by atoms with Crippen LogP contribution in [-0.4, -0.2) is 39.4 Å². The normalized spacial score (nSPS) is 11.1. The quantitative estimate of drug-likeness (QED) is 0.761. The summed E-state index contributed by atoms with van der Waals surface area (Å²) < 4.78 is 8.08. The van der Waals surface area contributed by atoms with Crippen LogP contribution in [0.3, 0.4) is 0 Å². The van der Waals surface area contributed by atoms with Crippen molar-refractivity contribution in [2.75, 3.05) is 25.6 Å². The molecule has 0 aliphatic carbocycles. The number of rotatable bonds is 5. The molecule has 0 bridgehead atoms. The topological polar surface area (TPSA) is 93.9 Å². The highest BCUT2D eigenvalue weighted by Gasteiger charge is 2.16. The zero-order chi connectivity index (χ0) is 14.0. The summed E-state index contributed by atoms with van der Waals surface area (Å²) >= 11 is 0. The SMILES string of the molecule is CCNc1nc2c(c(=O)[nH]c(=O)n2C)n1CCOC. The predicted octanol–water partition coefficient (Wildman–Crippen LogP) is -0.498. The molecule has 0 fully saturated rings. The van der Waals surface area contributed by atoms with E-state index in [4.69, 9.17) is 4.74 Å². The van der Waals surface area contributed by atoms with Gasteiger partial charge in [0.05, 0.1) is 6.61 Å². The van der Waals surface area contributed by atoms with E-state index >= 15 is 0 Å². The molecule has 2 heterocycles. The molecule has 0 unspecified atom stereocenters. The molecule has 0 spiro atoms. The van der Waals surface area contributed by atoms with Crippen LogP contribution in [0.1, 0.15) is 6.92 Å². The first-order chi connectivity index (χ1) is 9.10. The Labute approximate surface area is 109 Å². The fourth-order valence-corrected chi connectivity index (χ4v) is 1.93. The van der Waals surface area contributed by atoms with Gasteiger partial charge in [0.1, 0.15) is 0 Å². The lowest BCUT2D eigenvalue weighted by atomic mass is 10.5. The predicted molar refractivity (Wildman–Crippen MR) is 71.6 cm³/mol. The maximum Gasteiger partial charge on any atom is 0.329 e. The summed E-state index contributed by atoms with van der Waals surface area (Å²) in [5, 5.41) is 3.08. The molecule has 2 aromatic rings. The largest absolute Gasteiger partial charge is 0.383 e. The van der Waals surface area contributed by atoms with Gasteiger partial charge >= 0.3 is 5.69 Å². The third-order valence-corrected chi connectivity index (χ3v) is 2.86. The van der Waals surface area contributed by atoms with Gasteiger partial charge in [0.2, 0.25) is 5.95 Å². The first kappa shape index (κ1) is 13.3. The van der Waals surface area contributed by atoms with Crippen molar-refractivity contribution in [3.05, 3.63) is 20.8 Å². The highest BCUT2D eigenvalue weighted by molar-refractivity contribution is 5.74. The van der Waals surface area contributed by atoms with E-state index < -0.39 is 11.2 Å². The van der Waals surface area contributed by atoms with Crippen LogP contribution in [0.2, 0.25) is 0 Å². The Balaban J connectivity index is 2.74. The maximum absolute atomic E-state index is 12.0. The van der Waals surface area contributed by atoms with Gasteiger partial charge in [-0.25, -0.2) is 4.79 Å². The number of aryl methyl sites for hydroxylation is 1. The van der Waals surface area contributed by atoms with Crippen LogP contribution in [0.4, 0.5) is 5.95 Å². The van der Waals surface area contributed by atoms with Crippen molar-refractivity contribution < 1.29 is 4.74 Å². The van der Waals surface area contributed by atoms with E-state index in [0.29, 0.717) is 36.8 Å². The third-order valence-electron chi connectivity index (χ3n) is 2.86. The molecule has 19 heavy (non-hydrogen) atoms. The van der Waals surface area contributed by atoms with Gasteiger partial charge in [0, 0.05) is 27.2 Å². The fraction of sp³-hybridized carbons (Fsp3) is 0.545. The van der Waals surface area contributed by atoms with Crippen LogP contribution in [-0.2, 0) is 18.3 Å². The van der Waals surface area contributed by atoms with Crippen LogP contribution >= 0.6 is 0 Å². The Bertz CT molecular complexity index is 697. The van der Waals surface area contributed by atoms with Crippen LogP contribution in [0.5, 0.6) is 0 Å². The highest BCUT2D eigenvalue weighted by Crippen LogP contribution is 2.14. The van der Waals surface area contributed by atoms with Gasteiger partial charge in [-0.05, 0) is 6.92 Å². The molecule has 104 valence electrons. The van der Waals surface area contributed by atoms with Crippen molar-refractivity contribution in [3.8, 4) is 0 Å². The molecule has 8 nitrogen and oxygen atoms in total. The van der Waals surface area contributed by atoms with Gasteiger partial charge in [-0.2, -0.15) is 4.98 Å². The minimum absolute atomic E-state index is 0.362. The second-order valence-corrected chi connectivity index (χ2v) is 4.10.